The van der Waals surface area contributed by atoms with Gasteiger partial charge in [-0.25, -0.2) is 0 Å². The van der Waals surface area contributed by atoms with E-state index in [0.29, 0.717) is 0 Å². The minimum absolute atomic E-state index is 1.08. The molecular formula is C20H24. The van der Waals surface area contributed by atoms with Crippen LogP contribution in [0.2, 0.25) is 0 Å². The Kier molecular flexibility index (Phi) is 5.17. The van der Waals surface area contributed by atoms with Crippen LogP contribution in [0.15, 0.2) is 54.6 Å². The maximum absolute atomic E-state index is 2.31. The molecule has 0 N–H and O–H groups in total. The van der Waals surface area contributed by atoms with Crippen molar-refractivity contribution in [3.63, 3.8) is 0 Å². The molecule has 0 bridgehead atoms. The summed E-state index contributed by atoms with van der Waals surface area (Å²) in [6.07, 6.45) is 5.71. The number of aryl methyl sites for hydroxylation is 1. The lowest BCUT2D eigenvalue weighted by atomic mass is 9.90. The molecule has 0 aliphatic heterocycles. The molecule has 104 valence electrons. The molecule has 20 heavy (non-hydrogen) atoms. The Hall–Kier alpha value is -1.82. The minimum atomic E-state index is 1.08. The molecular weight excluding hydrogens is 240 g/mol. The van der Waals surface area contributed by atoms with E-state index in [1.807, 2.05) is 0 Å². The molecule has 2 aromatic carbocycles. The first-order chi connectivity index (χ1) is 9.77. The zero-order chi connectivity index (χ0) is 14.4. The van der Waals surface area contributed by atoms with Crippen molar-refractivity contribution in [2.45, 2.75) is 40.0 Å². The van der Waals surface area contributed by atoms with Crippen LogP contribution in [0.1, 0.15) is 44.7 Å². The molecule has 0 aliphatic rings. The summed E-state index contributed by atoms with van der Waals surface area (Å²) in [5.41, 5.74) is 6.92. The number of benzene rings is 2. The maximum atomic E-state index is 2.31. The van der Waals surface area contributed by atoms with Crippen molar-refractivity contribution in [3.8, 4) is 11.1 Å². The van der Waals surface area contributed by atoms with Crippen LogP contribution in [0.5, 0.6) is 0 Å². The highest BCUT2D eigenvalue weighted by molar-refractivity contribution is 5.82. The Labute approximate surface area is 123 Å². The smallest absolute Gasteiger partial charge is 0.0106 e. The topological polar surface area (TPSA) is 0 Å². The quantitative estimate of drug-likeness (QED) is 0.610. The molecule has 0 aromatic heterocycles. The second-order valence-corrected chi connectivity index (χ2v) is 5.25. The van der Waals surface area contributed by atoms with Gasteiger partial charge in [0.25, 0.3) is 0 Å². The molecule has 0 heteroatoms. The number of hydrogen-bond acceptors (Lipinski definition) is 0. The van der Waals surface area contributed by atoms with Crippen molar-refractivity contribution < 1.29 is 0 Å². The van der Waals surface area contributed by atoms with Crippen molar-refractivity contribution >= 4 is 5.57 Å². The number of rotatable bonds is 5. The summed E-state index contributed by atoms with van der Waals surface area (Å²) in [4.78, 5) is 0. The van der Waals surface area contributed by atoms with Gasteiger partial charge in [0.2, 0.25) is 0 Å². The molecule has 0 radical (unpaired) electrons. The summed E-state index contributed by atoms with van der Waals surface area (Å²) in [6.45, 7) is 6.65. The van der Waals surface area contributed by atoms with Gasteiger partial charge in [0.15, 0.2) is 0 Å². The van der Waals surface area contributed by atoms with E-state index in [0.717, 1.165) is 12.8 Å². The largest absolute Gasteiger partial charge is 0.0813 e. The molecule has 2 rings (SSSR count). The van der Waals surface area contributed by atoms with Crippen molar-refractivity contribution in [1.29, 1.82) is 0 Å². The van der Waals surface area contributed by atoms with E-state index in [2.05, 4.69) is 75.4 Å². The van der Waals surface area contributed by atoms with E-state index >= 15 is 0 Å². The highest BCUT2D eigenvalue weighted by Gasteiger charge is 2.09. The Morgan fingerprint density at radius 3 is 2.25 bits per heavy atom. The van der Waals surface area contributed by atoms with Crippen LogP contribution >= 0.6 is 0 Å². The monoisotopic (exact) mass is 264 g/mol. The minimum Gasteiger partial charge on any atom is -0.0813 e. The van der Waals surface area contributed by atoms with E-state index in [1.165, 1.54) is 34.2 Å². The van der Waals surface area contributed by atoms with Crippen LogP contribution in [0.4, 0.5) is 0 Å². The third-order valence-electron chi connectivity index (χ3n) is 3.69. The van der Waals surface area contributed by atoms with Crippen LogP contribution in [-0.4, -0.2) is 0 Å². The van der Waals surface area contributed by atoms with Crippen LogP contribution < -0.4 is 0 Å². The SMILES string of the molecule is CCC=C(C)c1ccccc1-c1ccccc1CCC. The summed E-state index contributed by atoms with van der Waals surface area (Å²) in [6, 6.07) is 17.6. The highest BCUT2D eigenvalue weighted by Crippen LogP contribution is 2.31. The van der Waals surface area contributed by atoms with Crippen LogP contribution in [0.25, 0.3) is 16.7 Å². The molecule has 0 saturated carbocycles. The third-order valence-corrected chi connectivity index (χ3v) is 3.69. The summed E-state index contributed by atoms with van der Waals surface area (Å²) < 4.78 is 0. The molecule has 0 unspecified atom stereocenters. The Bertz CT molecular complexity index is 590. The molecule has 0 aliphatic carbocycles. The van der Waals surface area contributed by atoms with Crippen molar-refractivity contribution in [3.05, 3.63) is 65.7 Å². The number of allylic oxidation sites excluding steroid dienone is 2. The zero-order valence-corrected chi connectivity index (χ0v) is 12.8. The maximum Gasteiger partial charge on any atom is -0.0106 e. The number of hydrogen-bond donors (Lipinski definition) is 0. The van der Waals surface area contributed by atoms with Gasteiger partial charge in [-0.1, -0.05) is 74.9 Å². The Morgan fingerprint density at radius 2 is 1.55 bits per heavy atom. The first kappa shape index (κ1) is 14.6. The Balaban J connectivity index is 2.56. The van der Waals surface area contributed by atoms with Crippen molar-refractivity contribution in [2.75, 3.05) is 0 Å². The van der Waals surface area contributed by atoms with Crippen molar-refractivity contribution in [1.82, 2.24) is 0 Å². The van der Waals surface area contributed by atoms with Gasteiger partial charge in [-0.15, -0.1) is 0 Å². The lowest BCUT2D eigenvalue weighted by Gasteiger charge is -2.14. The molecule has 0 saturated heterocycles. The van der Waals surface area contributed by atoms with E-state index in [1.54, 1.807) is 0 Å². The first-order valence-corrected chi connectivity index (χ1v) is 7.62. The zero-order valence-electron chi connectivity index (χ0n) is 12.8. The summed E-state index contributed by atoms with van der Waals surface area (Å²) in [5, 5.41) is 0. The second kappa shape index (κ2) is 7.09. The van der Waals surface area contributed by atoms with Gasteiger partial charge >= 0.3 is 0 Å². The van der Waals surface area contributed by atoms with E-state index in [9.17, 15) is 0 Å². The molecule has 2 aromatic rings. The first-order valence-electron chi connectivity index (χ1n) is 7.62. The third kappa shape index (κ3) is 3.19. The molecule has 0 atom stereocenters. The van der Waals surface area contributed by atoms with Gasteiger partial charge in [-0.2, -0.15) is 0 Å². The van der Waals surface area contributed by atoms with Crippen LogP contribution in [0.3, 0.4) is 0 Å². The normalized spacial score (nSPS) is 11.7. The predicted octanol–water partition coefficient (Wildman–Crippen LogP) is 6.12. The molecule has 0 heterocycles. The fourth-order valence-corrected chi connectivity index (χ4v) is 2.75. The molecule has 0 nitrogen and oxygen atoms in total. The van der Waals surface area contributed by atoms with Gasteiger partial charge in [0.05, 0.1) is 0 Å². The average molecular weight is 264 g/mol. The van der Waals surface area contributed by atoms with Gasteiger partial charge in [0, 0.05) is 0 Å². The highest BCUT2D eigenvalue weighted by atomic mass is 14.1. The fraction of sp³-hybridized carbons (Fsp3) is 0.300. The van der Waals surface area contributed by atoms with E-state index in [4.69, 9.17) is 0 Å². The van der Waals surface area contributed by atoms with Gasteiger partial charge in [-0.3, -0.25) is 0 Å². The van der Waals surface area contributed by atoms with E-state index in [-0.39, 0.29) is 0 Å². The molecule has 0 spiro atoms. The average Bonchev–Trinajstić information content (AvgIpc) is 2.48. The predicted molar refractivity (Wildman–Crippen MR) is 89.8 cm³/mol. The molecule has 0 amide bonds. The summed E-state index contributed by atoms with van der Waals surface area (Å²) in [5.74, 6) is 0. The van der Waals surface area contributed by atoms with E-state index < -0.39 is 0 Å². The van der Waals surface area contributed by atoms with Gasteiger partial charge < -0.3 is 0 Å². The fourth-order valence-electron chi connectivity index (χ4n) is 2.75. The summed E-state index contributed by atoms with van der Waals surface area (Å²) in [7, 11) is 0. The summed E-state index contributed by atoms with van der Waals surface area (Å²) >= 11 is 0. The van der Waals surface area contributed by atoms with Crippen LogP contribution in [0, 0.1) is 0 Å². The van der Waals surface area contributed by atoms with Crippen molar-refractivity contribution in [2.24, 2.45) is 0 Å². The lowest BCUT2D eigenvalue weighted by molar-refractivity contribution is 0.923. The second-order valence-electron chi connectivity index (χ2n) is 5.25. The van der Waals surface area contributed by atoms with Gasteiger partial charge in [-0.05, 0) is 47.6 Å². The lowest BCUT2D eigenvalue weighted by Crippen LogP contribution is -1.93. The van der Waals surface area contributed by atoms with Gasteiger partial charge in [0.1, 0.15) is 0 Å². The van der Waals surface area contributed by atoms with Crippen LogP contribution in [-0.2, 0) is 6.42 Å². The Morgan fingerprint density at radius 1 is 0.900 bits per heavy atom. The molecule has 0 fully saturated rings. The standard InChI is InChI=1S/C20H24/c1-4-10-16(3)18-13-8-9-15-20(18)19-14-7-6-12-17(19)11-5-2/h6-10,12-15H,4-5,11H2,1-3H3.